The molecule has 1 heterocycles. The zero-order valence-corrected chi connectivity index (χ0v) is 9.70. The van der Waals surface area contributed by atoms with Gasteiger partial charge in [0.05, 0.1) is 18.5 Å². The van der Waals surface area contributed by atoms with Crippen molar-refractivity contribution in [2.24, 2.45) is 5.92 Å². The van der Waals surface area contributed by atoms with Crippen LogP contribution >= 0.6 is 0 Å². The molecule has 1 aromatic rings. The third kappa shape index (κ3) is 3.20. The van der Waals surface area contributed by atoms with E-state index in [9.17, 15) is 5.11 Å². The number of pyridine rings is 1. The first-order chi connectivity index (χ1) is 7.19. The molecular weight excluding hydrogens is 188 g/mol. The average molecular weight is 208 g/mol. The van der Waals surface area contributed by atoms with Gasteiger partial charge in [-0.1, -0.05) is 20.8 Å². The van der Waals surface area contributed by atoms with Crippen LogP contribution in [0.3, 0.4) is 0 Å². The van der Waals surface area contributed by atoms with Gasteiger partial charge in [0.25, 0.3) is 0 Å². The largest absolute Gasteiger partial charge is 0.392 e. The Morgan fingerprint density at radius 3 is 2.73 bits per heavy atom. The molecule has 0 saturated carbocycles. The standard InChI is InChI=1S/C12H20N2O/c1-4-11(9(2)3)14-12-7-13-6-5-10(12)8-15/h5-7,9,11,14-15H,4,8H2,1-3H3. The summed E-state index contributed by atoms with van der Waals surface area (Å²) in [5.41, 5.74) is 1.85. The molecule has 84 valence electrons. The molecule has 0 aliphatic carbocycles. The normalized spacial score (nSPS) is 12.9. The monoisotopic (exact) mass is 208 g/mol. The van der Waals surface area contributed by atoms with Crippen LogP contribution < -0.4 is 5.32 Å². The van der Waals surface area contributed by atoms with Crippen LogP contribution in [0, 0.1) is 5.92 Å². The van der Waals surface area contributed by atoms with E-state index in [0.29, 0.717) is 12.0 Å². The Labute approximate surface area is 91.5 Å². The predicted molar refractivity (Wildman–Crippen MR) is 62.7 cm³/mol. The fraction of sp³-hybridized carbons (Fsp3) is 0.583. The number of nitrogens with zero attached hydrogens (tertiary/aromatic N) is 1. The zero-order chi connectivity index (χ0) is 11.3. The van der Waals surface area contributed by atoms with Crippen LogP contribution in [0.4, 0.5) is 5.69 Å². The van der Waals surface area contributed by atoms with Gasteiger partial charge in [-0.15, -0.1) is 0 Å². The molecule has 0 saturated heterocycles. The number of hydrogen-bond donors (Lipinski definition) is 2. The van der Waals surface area contributed by atoms with E-state index in [1.165, 1.54) is 0 Å². The van der Waals surface area contributed by atoms with Gasteiger partial charge < -0.3 is 10.4 Å². The first-order valence-corrected chi connectivity index (χ1v) is 5.49. The molecule has 3 heteroatoms. The first-order valence-electron chi connectivity index (χ1n) is 5.49. The molecule has 0 aliphatic rings. The van der Waals surface area contributed by atoms with Gasteiger partial charge in [0, 0.05) is 17.8 Å². The van der Waals surface area contributed by atoms with E-state index in [4.69, 9.17) is 0 Å². The van der Waals surface area contributed by atoms with Crippen LogP contribution in [-0.2, 0) is 6.61 Å². The van der Waals surface area contributed by atoms with E-state index in [0.717, 1.165) is 17.7 Å². The molecule has 0 fully saturated rings. The van der Waals surface area contributed by atoms with Gasteiger partial charge in [0.1, 0.15) is 0 Å². The molecule has 0 radical (unpaired) electrons. The van der Waals surface area contributed by atoms with Gasteiger partial charge in [0.15, 0.2) is 0 Å². The van der Waals surface area contributed by atoms with Crippen molar-refractivity contribution in [2.45, 2.75) is 39.8 Å². The van der Waals surface area contributed by atoms with Crippen molar-refractivity contribution in [1.82, 2.24) is 4.98 Å². The summed E-state index contributed by atoms with van der Waals surface area (Å²) in [6.07, 6.45) is 4.54. The first kappa shape index (κ1) is 12.0. The van der Waals surface area contributed by atoms with Crippen LogP contribution in [-0.4, -0.2) is 16.1 Å². The molecule has 2 N–H and O–H groups in total. The van der Waals surface area contributed by atoms with Crippen LogP contribution in [0.5, 0.6) is 0 Å². The number of hydrogen-bond acceptors (Lipinski definition) is 3. The summed E-state index contributed by atoms with van der Waals surface area (Å²) in [7, 11) is 0. The Balaban J connectivity index is 2.78. The van der Waals surface area contributed by atoms with Crippen molar-refractivity contribution in [3.8, 4) is 0 Å². The van der Waals surface area contributed by atoms with Crippen LogP contribution in [0.2, 0.25) is 0 Å². The third-order valence-electron chi connectivity index (χ3n) is 2.67. The summed E-state index contributed by atoms with van der Waals surface area (Å²) in [5.74, 6) is 0.571. The zero-order valence-electron chi connectivity index (χ0n) is 9.70. The molecule has 15 heavy (non-hydrogen) atoms. The number of aromatic nitrogens is 1. The van der Waals surface area contributed by atoms with E-state index >= 15 is 0 Å². The minimum atomic E-state index is 0.0549. The third-order valence-corrected chi connectivity index (χ3v) is 2.67. The Morgan fingerprint density at radius 1 is 1.47 bits per heavy atom. The Bertz CT molecular complexity index is 299. The van der Waals surface area contributed by atoms with Gasteiger partial charge in [-0.2, -0.15) is 0 Å². The maximum atomic E-state index is 9.17. The van der Waals surface area contributed by atoms with Gasteiger partial charge in [-0.3, -0.25) is 4.98 Å². The van der Waals surface area contributed by atoms with E-state index < -0.39 is 0 Å². The van der Waals surface area contributed by atoms with E-state index in [1.807, 2.05) is 6.07 Å². The van der Waals surface area contributed by atoms with Crippen molar-refractivity contribution < 1.29 is 5.11 Å². The maximum absolute atomic E-state index is 9.17. The molecule has 1 unspecified atom stereocenters. The van der Waals surface area contributed by atoms with Crippen molar-refractivity contribution in [3.63, 3.8) is 0 Å². The molecule has 1 aromatic heterocycles. The lowest BCUT2D eigenvalue weighted by atomic mass is 10.0. The van der Waals surface area contributed by atoms with E-state index in [2.05, 4.69) is 31.1 Å². The summed E-state index contributed by atoms with van der Waals surface area (Å²) in [6.45, 7) is 6.60. The Hall–Kier alpha value is -1.09. The summed E-state index contributed by atoms with van der Waals surface area (Å²) in [4.78, 5) is 4.07. The van der Waals surface area contributed by atoms with E-state index in [-0.39, 0.29) is 6.61 Å². The highest BCUT2D eigenvalue weighted by molar-refractivity contribution is 5.49. The smallest absolute Gasteiger partial charge is 0.0703 e. The fourth-order valence-corrected chi connectivity index (χ4v) is 1.63. The van der Waals surface area contributed by atoms with Gasteiger partial charge in [-0.05, 0) is 18.4 Å². The van der Waals surface area contributed by atoms with Gasteiger partial charge in [-0.25, -0.2) is 0 Å². The van der Waals surface area contributed by atoms with Crippen LogP contribution in [0.15, 0.2) is 18.5 Å². The molecule has 1 atom stereocenters. The number of aliphatic hydroxyl groups is 1. The highest BCUT2D eigenvalue weighted by Gasteiger charge is 2.12. The van der Waals surface area contributed by atoms with Crippen molar-refractivity contribution in [2.75, 3.05) is 5.32 Å². The van der Waals surface area contributed by atoms with Gasteiger partial charge >= 0.3 is 0 Å². The van der Waals surface area contributed by atoms with Crippen molar-refractivity contribution in [3.05, 3.63) is 24.0 Å². The maximum Gasteiger partial charge on any atom is 0.0703 e. The van der Waals surface area contributed by atoms with Crippen LogP contribution in [0.1, 0.15) is 32.8 Å². The molecule has 3 nitrogen and oxygen atoms in total. The van der Waals surface area contributed by atoms with Crippen molar-refractivity contribution >= 4 is 5.69 Å². The molecule has 0 aliphatic heterocycles. The second kappa shape index (κ2) is 5.71. The average Bonchev–Trinajstić information content (AvgIpc) is 2.25. The second-order valence-corrected chi connectivity index (χ2v) is 4.09. The lowest BCUT2D eigenvalue weighted by Gasteiger charge is -2.23. The minimum Gasteiger partial charge on any atom is -0.392 e. The number of aliphatic hydroxyl groups excluding tert-OH is 1. The molecule has 1 rings (SSSR count). The Morgan fingerprint density at radius 2 is 2.20 bits per heavy atom. The predicted octanol–water partition coefficient (Wildman–Crippen LogP) is 2.42. The summed E-state index contributed by atoms with van der Waals surface area (Å²) < 4.78 is 0. The molecule has 0 spiro atoms. The summed E-state index contributed by atoms with van der Waals surface area (Å²) in [6, 6.07) is 2.27. The lowest BCUT2D eigenvalue weighted by Crippen LogP contribution is -2.25. The second-order valence-electron chi connectivity index (χ2n) is 4.09. The lowest BCUT2D eigenvalue weighted by molar-refractivity contribution is 0.282. The van der Waals surface area contributed by atoms with Gasteiger partial charge in [0.2, 0.25) is 0 Å². The number of nitrogens with one attached hydrogen (secondary N) is 1. The topological polar surface area (TPSA) is 45.2 Å². The Kier molecular flexibility index (Phi) is 4.56. The summed E-state index contributed by atoms with van der Waals surface area (Å²) >= 11 is 0. The summed E-state index contributed by atoms with van der Waals surface area (Å²) in [5, 5.41) is 12.6. The highest BCUT2D eigenvalue weighted by Crippen LogP contribution is 2.18. The van der Waals surface area contributed by atoms with Crippen LogP contribution in [0.25, 0.3) is 0 Å². The minimum absolute atomic E-state index is 0.0549. The molecular formula is C12H20N2O. The highest BCUT2D eigenvalue weighted by atomic mass is 16.3. The van der Waals surface area contributed by atoms with E-state index in [1.54, 1.807) is 12.4 Å². The fourth-order valence-electron chi connectivity index (χ4n) is 1.63. The number of anilines is 1. The quantitative estimate of drug-likeness (QED) is 0.781. The van der Waals surface area contributed by atoms with Crippen molar-refractivity contribution in [1.29, 1.82) is 0 Å². The molecule has 0 bridgehead atoms. The molecule has 0 aromatic carbocycles. The SMILES string of the molecule is CCC(Nc1cnccc1CO)C(C)C. The molecule has 0 amide bonds. The number of rotatable bonds is 5.